The average Bonchev–Trinajstić information content (AvgIpc) is 2.42. The second-order valence-corrected chi connectivity index (χ2v) is 5.44. The maximum atomic E-state index is 12.8. The maximum Gasteiger partial charge on any atom is 0.263 e. The Morgan fingerprint density at radius 3 is 2.47 bits per heavy atom. The van der Waals surface area contributed by atoms with Gasteiger partial charge in [0.05, 0.1) is 0 Å². The van der Waals surface area contributed by atoms with Gasteiger partial charge in [0.25, 0.3) is 6.43 Å². The summed E-state index contributed by atoms with van der Waals surface area (Å²) >= 11 is 0. The minimum atomic E-state index is -2.42. The van der Waals surface area contributed by atoms with Gasteiger partial charge in [-0.1, -0.05) is 25.1 Å². The number of alkyl halides is 2. The average molecular weight is 268 g/mol. The summed E-state index contributed by atoms with van der Waals surface area (Å²) in [5.41, 5.74) is 6.86. The molecule has 1 saturated heterocycles. The summed E-state index contributed by atoms with van der Waals surface area (Å²) in [6, 6.07) is 6.74. The molecule has 1 atom stereocenters. The molecule has 1 aromatic rings. The smallest absolute Gasteiger partial charge is 0.263 e. The van der Waals surface area contributed by atoms with Gasteiger partial charge in [-0.2, -0.15) is 0 Å². The number of piperidine rings is 1. The Bertz CT molecular complexity index is 401. The van der Waals surface area contributed by atoms with Crippen LogP contribution in [0.4, 0.5) is 8.78 Å². The largest absolute Gasteiger partial charge is 0.329 e. The van der Waals surface area contributed by atoms with E-state index in [1.807, 2.05) is 6.07 Å². The number of rotatable bonds is 4. The van der Waals surface area contributed by atoms with Gasteiger partial charge in [-0.15, -0.1) is 0 Å². The zero-order valence-corrected chi connectivity index (χ0v) is 11.4. The third kappa shape index (κ3) is 3.51. The topological polar surface area (TPSA) is 29.3 Å². The van der Waals surface area contributed by atoms with Crippen LogP contribution in [0, 0.1) is 5.92 Å². The lowest BCUT2D eigenvalue weighted by atomic mass is 9.95. The summed E-state index contributed by atoms with van der Waals surface area (Å²) in [4.78, 5) is 2.32. The lowest BCUT2D eigenvalue weighted by Crippen LogP contribution is -2.39. The first-order valence-electron chi connectivity index (χ1n) is 6.94. The van der Waals surface area contributed by atoms with Gasteiger partial charge >= 0.3 is 0 Å². The van der Waals surface area contributed by atoms with Crippen LogP contribution in [-0.2, 0) is 0 Å². The van der Waals surface area contributed by atoms with Crippen molar-refractivity contribution >= 4 is 0 Å². The highest BCUT2D eigenvalue weighted by molar-refractivity contribution is 5.27. The van der Waals surface area contributed by atoms with E-state index in [1.165, 1.54) is 6.07 Å². The van der Waals surface area contributed by atoms with Crippen LogP contribution in [0.15, 0.2) is 24.3 Å². The molecule has 4 heteroatoms. The number of hydrogen-bond acceptors (Lipinski definition) is 2. The van der Waals surface area contributed by atoms with E-state index in [0.717, 1.165) is 37.4 Å². The highest BCUT2D eigenvalue weighted by Gasteiger charge is 2.24. The normalized spacial score (nSPS) is 19.8. The van der Waals surface area contributed by atoms with E-state index in [-0.39, 0.29) is 11.6 Å². The molecular weight excluding hydrogens is 246 g/mol. The molecule has 0 radical (unpaired) electrons. The Kier molecular flexibility index (Phi) is 4.88. The van der Waals surface area contributed by atoms with E-state index in [2.05, 4.69) is 11.8 Å². The zero-order valence-electron chi connectivity index (χ0n) is 11.4. The van der Waals surface area contributed by atoms with Gasteiger partial charge in [0, 0.05) is 18.2 Å². The first-order valence-corrected chi connectivity index (χ1v) is 6.94. The van der Waals surface area contributed by atoms with Crippen LogP contribution in [0.25, 0.3) is 0 Å². The van der Waals surface area contributed by atoms with Crippen LogP contribution in [0.5, 0.6) is 0 Å². The molecule has 0 spiro atoms. The molecule has 19 heavy (non-hydrogen) atoms. The second-order valence-electron chi connectivity index (χ2n) is 5.44. The zero-order chi connectivity index (χ0) is 13.8. The molecule has 0 saturated carbocycles. The number of nitrogens with zero attached hydrogens (tertiary/aromatic N) is 1. The van der Waals surface area contributed by atoms with E-state index in [0.29, 0.717) is 6.54 Å². The molecule has 0 bridgehead atoms. The van der Waals surface area contributed by atoms with Crippen molar-refractivity contribution in [3.8, 4) is 0 Å². The fourth-order valence-corrected chi connectivity index (χ4v) is 2.74. The molecule has 1 aromatic carbocycles. The monoisotopic (exact) mass is 268 g/mol. The first kappa shape index (κ1) is 14.4. The standard InChI is InChI=1S/C15H22F2N2/c1-11-5-7-19(8-6-11)14(10-18)12-3-2-4-13(9-12)15(16)17/h2-4,9,11,14-15H,5-8,10,18H2,1H3. The van der Waals surface area contributed by atoms with Crippen molar-refractivity contribution in [2.24, 2.45) is 11.7 Å². The predicted octanol–water partition coefficient (Wildman–Crippen LogP) is 3.36. The van der Waals surface area contributed by atoms with Crippen molar-refractivity contribution in [3.05, 3.63) is 35.4 Å². The van der Waals surface area contributed by atoms with Crippen LogP contribution in [0.1, 0.15) is 43.4 Å². The van der Waals surface area contributed by atoms with Crippen molar-refractivity contribution in [2.75, 3.05) is 19.6 Å². The van der Waals surface area contributed by atoms with Crippen LogP contribution in [0.3, 0.4) is 0 Å². The Morgan fingerprint density at radius 1 is 1.26 bits per heavy atom. The third-order valence-electron chi connectivity index (χ3n) is 4.03. The first-order chi connectivity index (χ1) is 9.11. The summed E-state index contributed by atoms with van der Waals surface area (Å²) in [6.07, 6.45) is -0.101. The van der Waals surface area contributed by atoms with E-state index in [4.69, 9.17) is 5.73 Å². The third-order valence-corrected chi connectivity index (χ3v) is 4.03. The van der Waals surface area contributed by atoms with Gasteiger partial charge in [-0.25, -0.2) is 8.78 Å². The number of hydrogen-bond donors (Lipinski definition) is 1. The second kappa shape index (κ2) is 6.44. The molecule has 1 aliphatic heterocycles. The number of halogens is 2. The summed E-state index contributed by atoms with van der Waals surface area (Å²) in [5, 5.41) is 0. The molecule has 2 nitrogen and oxygen atoms in total. The summed E-state index contributed by atoms with van der Waals surface area (Å²) in [6.45, 7) is 4.73. The van der Waals surface area contributed by atoms with Crippen LogP contribution in [-0.4, -0.2) is 24.5 Å². The molecule has 2 N–H and O–H groups in total. The predicted molar refractivity (Wildman–Crippen MR) is 73.2 cm³/mol. The molecule has 1 unspecified atom stereocenters. The lowest BCUT2D eigenvalue weighted by molar-refractivity contribution is 0.139. The molecule has 0 aliphatic carbocycles. The Morgan fingerprint density at radius 2 is 1.89 bits per heavy atom. The summed E-state index contributed by atoms with van der Waals surface area (Å²) in [7, 11) is 0. The minimum absolute atomic E-state index is 0.0613. The van der Waals surface area contributed by atoms with Crippen LogP contribution in [0.2, 0.25) is 0 Å². The molecule has 1 fully saturated rings. The quantitative estimate of drug-likeness (QED) is 0.907. The highest BCUT2D eigenvalue weighted by Crippen LogP contribution is 2.28. The number of benzene rings is 1. The Balaban J connectivity index is 2.15. The molecule has 1 heterocycles. The van der Waals surface area contributed by atoms with E-state index in [1.54, 1.807) is 12.1 Å². The maximum absolute atomic E-state index is 12.8. The Labute approximate surface area is 113 Å². The number of nitrogens with two attached hydrogens (primary N) is 1. The van der Waals surface area contributed by atoms with Gasteiger partial charge in [0.15, 0.2) is 0 Å². The summed E-state index contributed by atoms with van der Waals surface area (Å²) in [5.74, 6) is 0.752. The molecule has 106 valence electrons. The van der Waals surface area contributed by atoms with Crippen LogP contribution >= 0.6 is 0 Å². The fraction of sp³-hybridized carbons (Fsp3) is 0.600. The SMILES string of the molecule is CC1CCN(C(CN)c2cccc(C(F)F)c2)CC1. The van der Waals surface area contributed by atoms with Crippen molar-refractivity contribution in [1.82, 2.24) is 4.90 Å². The number of likely N-dealkylation sites (tertiary alicyclic amines) is 1. The summed E-state index contributed by atoms with van der Waals surface area (Å²) < 4.78 is 25.5. The van der Waals surface area contributed by atoms with Crippen molar-refractivity contribution in [3.63, 3.8) is 0 Å². The van der Waals surface area contributed by atoms with Gasteiger partial charge in [0.2, 0.25) is 0 Å². The van der Waals surface area contributed by atoms with Gasteiger partial charge in [-0.3, -0.25) is 4.90 Å². The van der Waals surface area contributed by atoms with Crippen molar-refractivity contribution in [1.29, 1.82) is 0 Å². The van der Waals surface area contributed by atoms with Crippen molar-refractivity contribution < 1.29 is 8.78 Å². The van der Waals surface area contributed by atoms with E-state index >= 15 is 0 Å². The van der Waals surface area contributed by atoms with Gasteiger partial charge < -0.3 is 5.73 Å². The molecule has 0 aromatic heterocycles. The van der Waals surface area contributed by atoms with Gasteiger partial charge in [-0.05, 0) is 43.5 Å². The van der Waals surface area contributed by atoms with Crippen molar-refractivity contribution in [2.45, 2.75) is 32.2 Å². The van der Waals surface area contributed by atoms with E-state index in [9.17, 15) is 8.78 Å². The Hall–Kier alpha value is -1.00. The van der Waals surface area contributed by atoms with Crippen LogP contribution < -0.4 is 5.73 Å². The molecule has 1 aliphatic rings. The van der Waals surface area contributed by atoms with Gasteiger partial charge in [0.1, 0.15) is 0 Å². The lowest BCUT2D eigenvalue weighted by Gasteiger charge is -2.36. The fourth-order valence-electron chi connectivity index (χ4n) is 2.74. The molecule has 2 rings (SSSR count). The molecular formula is C15H22F2N2. The highest BCUT2D eigenvalue weighted by atomic mass is 19.3. The minimum Gasteiger partial charge on any atom is -0.329 e. The molecule has 0 amide bonds. The van der Waals surface area contributed by atoms with E-state index < -0.39 is 6.43 Å².